The van der Waals surface area contributed by atoms with Crippen LogP contribution < -0.4 is 4.72 Å². The van der Waals surface area contributed by atoms with Crippen LogP contribution in [0.1, 0.15) is 39.0 Å². The van der Waals surface area contributed by atoms with E-state index in [1.54, 1.807) is 18.2 Å². The van der Waals surface area contributed by atoms with Gasteiger partial charge in [-0.1, -0.05) is 12.1 Å². The third-order valence-electron chi connectivity index (χ3n) is 5.04. The number of aryl methyl sites for hydroxylation is 1. The molecule has 7 nitrogen and oxygen atoms in total. The third kappa shape index (κ3) is 4.88. The van der Waals surface area contributed by atoms with Crippen LogP contribution in [0.4, 0.5) is 10.1 Å². The quantitative estimate of drug-likeness (QED) is 0.405. The molecule has 0 bridgehead atoms. The molecular weight excluding hydrogens is 435 g/mol. The number of sulfonamides is 1. The van der Waals surface area contributed by atoms with Gasteiger partial charge in [0.15, 0.2) is 6.61 Å². The molecule has 1 aromatic heterocycles. The van der Waals surface area contributed by atoms with E-state index in [2.05, 4.69) is 4.72 Å². The van der Waals surface area contributed by atoms with E-state index in [1.807, 2.05) is 25.3 Å². The molecule has 2 aromatic carbocycles. The lowest BCUT2D eigenvalue weighted by Gasteiger charge is -2.12. The Kier molecular flexibility index (Phi) is 6.78. The van der Waals surface area contributed by atoms with Crippen molar-refractivity contribution in [3.63, 3.8) is 0 Å². The normalized spacial score (nSPS) is 11.2. The highest BCUT2D eigenvalue weighted by Crippen LogP contribution is 2.22. The molecular formula is C23H23FN2O5S. The minimum atomic E-state index is -4.07. The fourth-order valence-corrected chi connectivity index (χ4v) is 4.50. The summed E-state index contributed by atoms with van der Waals surface area (Å²) < 4.78 is 47.8. The Morgan fingerprint density at radius 1 is 1.03 bits per heavy atom. The van der Waals surface area contributed by atoms with Crippen LogP contribution in [0.25, 0.3) is 0 Å². The van der Waals surface area contributed by atoms with Crippen molar-refractivity contribution in [3.8, 4) is 0 Å². The van der Waals surface area contributed by atoms with Gasteiger partial charge in [0.25, 0.3) is 10.0 Å². The second kappa shape index (κ2) is 9.35. The second-order valence-corrected chi connectivity index (χ2v) is 8.82. The highest BCUT2D eigenvalue weighted by molar-refractivity contribution is 7.92. The van der Waals surface area contributed by atoms with Crippen LogP contribution in [0, 0.1) is 19.7 Å². The molecule has 3 aromatic rings. The van der Waals surface area contributed by atoms with Crippen LogP contribution in [0.2, 0.25) is 0 Å². The van der Waals surface area contributed by atoms with Gasteiger partial charge in [-0.25, -0.2) is 17.6 Å². The van der Waals surface area contributed by atoms with Gasteiger partial charge in [-0.3, -0.25) is 9.52 Å². The Morgan fingerprint density at radius 3 is 2.31 bits per heavy atom. The van der Waals surface area contributed by atoms with Gasteiger partial charge < -0.3 is 9.30 Å². The number of anilines is 1. The number of ether oxygens (including phenoxy) is 1. The monoisotopic (exact) mass is 458 g/mol. The SMILES string of the molecule is CCn1c(C)cc(C(=O)COC(=O)c2ccccc2NS(=O)(=O)c2ccc(F)cc2)c1C. The van der Waals surface area contributed by atoms with Crippen molar-refractivity contribution in [2.24, 2.45) is 0 Å². The number of carbonyl (C=O) groups is 2. The summed E-state index contributed by atoms with van der Waals surface area (Å²) in [5.41, 5.74) is 2.13. The number of benzene rings is 2. The molecule has 0 unspecified atom stereocenters. The molecule has 0 radical (unpaired) electrons. The van der Waals surface area contributed by atoms with Gasteiger partial charge in [0, 0.05) is 23.5 Å². The van der Waals surface area contributed by atoms with Gasteiger partial charge >= 0.3 is 5.97 Å². The number of rotatable bonds is 8. The zero-order chi connectivity index (χ0) is 23.5. The summed E-state index contributed by atoms with van der Waals surface area (Å²) in [6.45, 7) is 5.92. The first kappa shape index (κ1) is 23.2. The molecule has 0 saturated heterocycles. The van der Waals surface area contributed by atoms with Crippen molar-refractivity contribution in [1.82, 2.24) is 4.57 Å². The van der Waals surface area contributed by atoms with E-state index in [1.165, 1.54) is 12.1 Å². The van der Waals surface area contributed by atoms with Crippen molar-refractivity contribution in [2.75, 3.05) is 11.3 Å². The molecule has 0 saturated carbocycles. The molecule has 0 aliphatic rings. The van der Waals surface area contributed by atoms with E-state index < -0.39 is 28.4 Å². The summed E-state index contributed by atoms with van der Waals surface area (Å²) in [5, 5.41) is 0. The van der Waals surface area contributed by atoms with Crippen LogP contribution in [0.15, 0.2) is 59.5 Å². The Morgan fingerprint density at radius 2 is 1.69 bits per heavy atom. The van der Waals surface area contributed by atoms with Crippen LogP contribution in [0.3, 0.4) is 0 Å². The van der Waals surface area contributed by atoms with E-state index in [-0.39, 0.29) is 21.9 Å². The zero-order valence-electron chi connectivity index (χ0n) is 17.9. The first-order valence-electron chi connectivity index (χ1n) is 9.88. The number of aromatic nitrogens is 1. The number of nitrogens with zero attached hydrogens (tertiary/aromatic N) is 1. The number of hydrogen-bond donors (Lipinski definition) is 1. The van der Waals surface area contributed by atoms with E-state index in [9.17, 15) is 22.4 Å². The summed E-state index contributed by atoms with van der Waals surface area (Å²) >= 11 is 0. The largest absolute Gasteiger partial charge is 0.454 e. The van der Waals surface area contributed by atoms with E-state index in [0.29, 0.717) is 12.1 Å². The second-order valence-electron chi connectivity index (χ2n) is 7.13. The van der Waals surface area contributed by atoms with Crippen molar-refractivity contribution in [1.29, 1.82) is 0 Å². The number of ketones is 1. The fourth-order valence-electron chi connectivity index (χ4n) is 3.42. The van der Waals surface area contributed by atoms with Gasteiger partial charge in [0.2, 0.25) is 5.78 Å². The number of esters is 1. The molecule has 0 fully saturated rings. The Bertz CT molecular complexity index is 1260. The molecule has 0 aliphatic heterocycles. The standard InChI is InChI=1S/C23H23FN2O5S/c1-4-26-15(2)13-20(16(26)3)22(27)14-31-23(28)19-7-5-6-8-21(19)25-32(29,30)18-11-9-17(24)10-12-18/h5-13,25H,4,14H2,1-3H3. The van der Waals surface area contributed by atoms with Crippen molar-refractivity contribution >= 4 is 27.5 Å². The average molecular weight is 459 g/mol. The van der Waals surface area contributed by atoms with Gasteiger partial charge in [-0.2, -0.15) is 0 Å². The summed E-state index contributed by atoms with van der Waals surface area (Å²) in [5.74, 6) is -1.77. The van der Waals surface area contributed by atoms with Crippen molar-refractivity contribution in [3.05, 3.63) is 82.9 Å². The maximum Gasteiger partial charge on any atom is 0.340 e. The highest BCUT2D eigenvalue weighted by Gasteiger charge is 2.21. The summed E-state index contributed by atoms with van der Waals surface area (Å²) in [4.78, 5) is 25.0. The Balaban J connectivity index is 1.76. The molecule has 1 N–H and O–H groups in total. The van der Waals surface area contributed by atoms with Crippen LogP contribution >= 0.6 is 0 Å². The summed E-state index contributed by atoms with van der Waals surface area (Å²) in [6.07, 6.45) is 0. The smallest absolute Gasteiger partial charge is 0.340 e. The Labute approximate surface area is 185 Å². The average Bonchev–Trinajstić information content (AvgIpc) is 3.05. The fraction of sp³-hybridized carbons (Fsp3) is 0.217. The number of nitrogens with one attached hydrogen (secondary N) is 1. The zero-order valence-corrected chi connectivity index (χ0v) is 18.7. The van der Waals surface area contributed by atoms with Gasteiger partial charge in [0.1, 0.15) is 5.82 Å². The van der Waals surface area contributed by atoms with E-state index in [4.69, 9.17) is 4.74 Å². The van der Waals surface area contributed by atoms with Crippen LogP contribution in [0.5, 0.6) is 0 Å². The Hall–Kier alpha value is -3.46. The van der Waals surface area contributed by atoms with Crippen LogP contribution in [-0.2, 0) is 21.3 Å². The molecule has 32 heavy (non-hydrogen) atoms. The number of para-hydroxylation sites is 1. The molecule has 9 heteroatoms. The highest BCUT2D eigenvalue weighted by atomic mass is 32.2. The van der Waals surface area contributed by atoms with Crippen molar-refractivity contribution in [2.45, 2.75) is 32.2 Å². The predicted molar refractivity (Wildman–Crippen MR) is 118 cm³/mol. The maximum absolute atomic E-state index is 13.1. The number of Topliss-reactive ketones (excluding diaryl/α,β-unsaturated/α-hetero) is 1. The van der Waals surface area contributed by atoms with Gasteiger partial charge in [-0.05, 0) is 63.2 Å². The minimum Gasteiger partial charge on any atom is -0.454 e. The molecule has 168 valence electrons. The summed E-state index contributed by atoms with van der Waals surface area (Å²) in [6, 6.07) is 11.9. The van der Waals surface area contributed by atoms with Gasteiger partial charge in [-0.15, -0.1) is 0 Å². The van der Waals surface area contributed by atoms with Crippen molar-refractivity contribution < 1.29 is 27.1 Å². The van der Waals surface area contributed by atoms with E-state index >= 15 is 0 Å². The first-order chi connectivity index (χ1) is 15.1. The lowest BCUT2D eigenvalue weighted by atomic mass is 10.1. The topological polar surface area (TPSA) is 94.5 Å². The van der Waals surface area contributed by atoms with E-state index in [0.717, 1.165) is 35.7 Å². The number of halogens is 1. The maximum atomic E-state index is 13.1. The van der Waals surface area contributed by atoms with Gasteiger partial charge in [0.05, 0.1) is 16.1 Å². The molecule has 0 aliphatic carbocycles. The lowest BCUT2D eigenvalue weighted by molar-refractivity contribution is 0.0475. The molecule has 1 heterocycles. The predicted octanol–water partition coefficient (Wildman–Crippen LogP) is 4.10. The molecule has 0 atom stereocenters. The first-order valence-corrected chi connectivity index (χ1v) is 11.4. The lowest BCUT2D eigenvalue weighted by Crippen LogP contribution is -2.18. The number of hydrogen-bond acceptors (Lipinski definition) is 5. The van der Waals surface area contributed by atoms with Crippen LogP contribution in [-0.4, -0.2) is 31.3 Å². The minimum absolute atomic E-state index is 0.0153. The molecule has 0 spiro atoms. The molecule has 3 rings (SSSR count). The molecule has 0 amide bonds. The third-order valence-corrected chi connectivity index (χ3v) is 6.42. The summed E-state index contributed by atoms with van der Waals surface area (Å²) in [7, 11) is -4.07. The number of carbonyl (C=O) groups excluding carboxylic acids is 2.